The summed E-state index contributed by atoms with van der Waals surface area (Å²) in [7, 11) is 0. The Morgan fingerprint density at radius 3 is 3.18 bits per heavy atom. The van der Waals surface area contributed by atoms with Crippen LogP contribution in [0.15, 0.2) is 12.1 Å². The van der Waals surface area contributed by atoms with Crippen molar-refractivity contribution in [2.75, 3.05) is 18.4 Å². The largest absolute Gasteiger partial charge is 0.370 e. The maximum Gasteiger partial charge on any atom is 0.126 e. The molecule has 0 unspecified atom stereocenters. The van der Waals surface area contributed by atoms with Crippen molar-refractivity contribution in [3.05, 3.63) is 23.4 Å². The highest BCUT2D eigenvalue weighted by molar-refractivity contribution is 5.40. The van der Waals surface area contributed by atoms with Crippen molar-refractivity contribution < 1.29 is 0 Å². The van der Waals surface area contributed by atoms with Gasteiger partial charge in [0, 0.05) is 18.3 Å². The zero-order chi connectivity index (χ0) is 11.5. The molecular formula is C14H21N3. The molecule has 92 valence electrons. The standard InChI is InChI=1S/C14H21N3/c1-3-11-6-7-14(17-13(11)5-1)16-10-8-12-4-2-9-15-12/h6-7,12,15H,1-5,8-10H2,(H,16,17)/t12-/m1/s1. The Kier molecular flexibility index (Phi) is 3.27. The van der Waals surface area contributed by atoms with E-state index in [1.807, 2.05) is 0 Å². The fourth-order valence-corrected chi connectivity index (χ4v) is 2.90. The number of hydrogen-bond donors (Lipinski definition) is 2. The number of pyridine rings is 1. The molecule has 3 heteroatoms. The van der Waals surface area contributed by atoms with Gasteiger partial charge < -0.3 is 10.6 Å². The SMILES string of the molecule is c1cc2c(nc1NCC[C@H]1CCCN1)CCC2. The van der Waals surface area contributed by atoms with Crippen molar-refractivity contribution in [1.82, 2.24) is 10.3 Å². The van der Waals surface area contributed by atoms with Crippen LogP contribution in [-0.2, 0) is 12.8 Å². The Labute approximate surface area is 103 Å². The van der Waals surface area contributed by atoms with Gasteiger partial charge in [-0.15, -0.1) is 0 Å². The predicted octanol–water partition coefficient (Wildman–Crippen LogP) is 2.12. The zero-order valence-corrected chi connectivity index (χ0v) is 10.3. The zero-order valence-electron chi connectivity index (χ0n) is 10.3. The van der Waals surface area contributed by atoms with Gasteiger partial charge in [0.1, 0.15) is 5.82 Å². The van der Waals surface area contributed by atoms with E-state index in [1.165, 1.54) is 49.9 Å². The molecule has 1 atom stereocenters. The van der Waals surface area contributed by atoms with Crippen LogP contribution in [0.2, 0.25) is 0 Å². The van der Waals surface area contributed by atoms with Crippen LogP contribution in [0.4, 0.5) is 5.82 Å². The fraction of sp³-hybridized carbons (Fsp3) is 0.643. The lowest BCUT2D eigenvalue weighted by molar-refractivity contribution is 0.574. The Balaban J connectivity index is 1.51. The van der Waals surface area contributed by atoms with Gasteiger partial charge in [-0.25, -0.2) is 4.98 Å². The van der Waals surface area contributed by atoms with E-state index in [9.17, 15) is 0 Å². The van der Waals surface area contributed by atoms with E-state index in [2.05, 4.69) is 27.8 Å². The minimum Gasteiger partial charge on any atom is -0.370 e. The first-order chi connectivity index (χ1) is 8.42. The lowest BCUT2D eigenvalue weighted by Crippen LogP contribution is -2.24. The summed E-state index contributed by atoms with van der Waals surface area (Å²) in [6, 6.07) is 5.09. The molecule has 0 saturated carbocycles. The van der Waals surface area contributed by atoms with Crippen LogP contribution < -0.4 is 10.6 Å². The molecule has 2 heterocycles. The first-order valence-corrected chi connectivity index (χ1v) is 6.88. The number of nitrogens with zero attached hydrogens (tertiary/aromatic N) is 1. The molecule has 0 bridgehead atoms. The van der Waals surface area contributed by atoms with Gasteiger partial charge in [-0.2, -0.15) is 0 Å². The van der Waals surface area contributed by atoms with E-state index >= 15 is 0 Å². The molecule has 3 nitrogen and oxygen atoms in total. The van der Waals surface area contributed by atoms with Crippen LogP contribution in [0, 0.1) is 0 Å². The average Bonchev–Trinajstić information content (AvgIpc) is 2.98. The Morgan fingerprint density at radius 1 is 1.29 bits per heavy atom. The molecular weight excluding hydrogens is 210 g/mol. The summed E-state index contributed by atoms with van der Waals surface area (Å²) in [6.07, 6.45) is 7.53. The van der Waals surface area contributed by atoms with Gasteiger partial charge in [-0.3, -0.25) is 0 Å². The number of rotatable bonds is 4. The van der Waals surface area contributed by atoms with E-state index in [0.29, 0.717) is 0 Å². The van der Waals surface area contributed by atoms with Crippen molar-refractivity contribution >= 4 is 5.82 Å². The minimum atomic E-state index is 0.719. The third kappa shape index (κ3) is 2.60. The molecule has 0 radical (unpaired) electrons. The average molecular weight is 231 g/mol. The third-order valence-corrected chi connectivity index (χ3v) is 3.89. The summed E-state index contributed by atoms with van der Waals surface area (Å²) in [5, 5.41) is 6.97. The quantitative estimate of drug-likeness (QED) is 0.833. The summed E-state index contributed by atoms with van der Waals surface area (Å²) < 4.78 is 0. The van der Waals surface area contributed by atoms with Crippen molar-refractivity contribution in [2.24, 2.45) is 0 Å². The molecule has 0 aromatic carbocycles. The molecule has 1 saturated heterocycles. The summed E-state index contributed by atoms with van der Waals surface area (Å²) in [4.78, 5) is 4.69. The molecule has 3 rings (SSSR count). The van der Waals surface area contributed by atoms with E-state index < -0.39 is 0 Å². The summed E-state index contributed by atoms with van der Waals surface area (Å²) in [5.41, 5.74) is 2.77. The Morgan fingerprint density at radius 2 is 2.29 bits per heavy atom. The highest BCUT2D eigenvalue weighted by Crippen LogP contribution is 2.21. The van der Waals surface area contributed by atoms with Crippen LogP contribution in [-0.4, -0.2) is 24.1 Å². The predicted molar refractivity (Wildman–Crippen MR) is 70.4 cm³/mol. The summed E-state index contributed by atoms with van der Waals surface area (Å²) >= 11 is 0. The normalized spacial score (nSPS) is 22.7. The monoisotopic (exact) mass is 231 g/mol. The molecule has 1 aliphatic carbocycles. The van der Waals surface area contributed by atoms with Gasteiger partial charge in [0.15, 0.2) is 0 Å². The van der Waals surface area contributed by atoms with Gasteiger partial charge in [-0.05, 0) is 56.7 Å². The second-order valence-corrected chi connectivity index (χ2v) is 5.16. The maximum absolute atomic E-state index is 4.69. The molecule has 0 amide bonds. The molecule has 2 aliphatic rings. The van der Waals surface area contributed by atoms with Gasteiger partial charge in [0.2, 0.25) is 0 Å². The number of nitrogens with one attached hydrogen (secondary N) is 2. The maximum atomic E-state index is 4.69. The second-order valence-electron chi connectivity index (χ2n) is 5.16. The highest BCUT2D eigenvalue weighted by atomic mass is 15.0. The van der Waals surface area contributed by atoms with Gasteiger partial charge >= 0.3 is 0 Å². The smallest absolute Gasteiger partial charge is 0.126 e. The van der Waals surface area contributed by atoms with Crippen molar-refractivity contribution in [3.8, 4) is 0 Å². The first kappa shape index (κ1) is 11.0. The van der Waals surface area contributed by atoms with Crippen molar-refractivity contribution in [3.63, 3.8) is 0 Å². The highest BCUT2D eigenvalue weighted by Gasteiger charge is 2.14. The number of aromatic nitrogens is 1. The van der Waals surface area contributed by atoms with Crippen LogP contribution in [0.25, 0.3) is 0 Å². The minimum absolute atomic E-state index is 0.719. The van der Waals surface area contributed by atoms with Crippen LogP contribution in [0.3, 0.4) is 0 Å². The van der Waals surface area contributed by atoms with E-state index in [0.717, 1.165) is 24.8 Å². The van der Waals surface area contributed by atoms with Crippen LogP contribution in [0.5, 0.6) is 0 Å². The number of fused-ring (bicyclic) bond motifs is 1. The molecule has 17 heavy (non-hydrogen) atoms. The van der Waals surface area contributed by atoms with Crippen molar-refractivity contribution in [1.29, 1.82) is 0 Å². The molecule has 1 aliphatic heterocycles. The topological polar surface area (TPSA) is 37.0 Å². The Hall–Kier alpha value is -1.09. The lowest BCUT2D eigenvalue weighted by Gasteiger charge is -2.11. The first-order valence-electron chi connectivity index (χ1n) is 6.88. The van der Waals surface area contributed by atoms with Gasteiger partial charge in [0.25, 0.3) is 0 Å². The van der Waals surface area contributed by atoms with Crippen molar-refractivity contribution in [2.45, 2.75) is 44.6 Å². The molecule has 1 aromatic heterocycles. The molecule has 1 aromatic rings. The number of hydrogen-bond acceptors (Lipinski definition) is 3. The third-order valence-electron chi connectivity index (χ3n) is 3.89. The van der Waals surface area contributed by atoms with Crippen LogP contribution in [0.1, 0.15) is 36.9 Å². The summed E-state index contributed by atoms with van der Waals surface area (Å²) in [6.45, 7) is 2.23. The second kappa shape index (κ2) is 5.05. The lowest BCUT2D eigenvalue weighted by atomic mass is 10.1. The number of aryl methyl sites for hydroxylation is 2. The summed E-state index contributed by atoms with van der Waals surface area (Å²) in [5.74, 6) is 1.06. The van der Waals surface area contributed by atoms with Gasteiger partial charge in [0.05, 0.1) is 0 Å². The number of anilines is 1. The van der Waals surface area contributed by atoms with Crippen LogP contribution >= 0.6 is 0 Å². The molecule has 1 fully saturated rings. The fourth-order valence-electron chi connectivity index (χ4n) is 2.90. The van der Waals surface area contributed by atoms with E-state index in [4.69, 9.17) is 0 Å². The van der Waals surface area contributed by atoms with E-state index in [1.54, 1.807) is 0 Å². The molecule has 2 N–H and O–H groups in total. The Bertz CT molecular complexity index is 383. The molecule has 0 spiro atoms. The van der Waals surface area contributed by atoms with E-state index in [-0.39, 0.29) is 0 Å². The van der Waals surface area contributed by atoms with Gasteiger partial charge in [-0.1, -0.05) is 6.07 Å².